The Balaban J connectivity index is 1.48. The van der Waals surface area contributed by atoms with Crippen LogP contribution in [0.25, 0.3) is 10.8 Å². The van der Waals surface area contributed by atoms with Gasteiger partial charge in [0.1, 0.15) is 11.5 Å². The molecule has 1 saturated heterocycles. The average Bonchev–Trinajstić information content (AvgIpc) is 3.41. The van der Waals surface area contributed by atoms with Gasteiger partial charge in [-0.3, -0.25) is 9.48 Å². The fourth-order valence-corrected chi connectivity index (χ4v) is 3.95. The summed E-state index contributed by atoms with van der Waals surface area (Å²) in [6, 6.07) is 3.67. The standard InChI is InChI=1S/C18H18N4O4S/c1-11-4-5-15(26-11)16-20-14(10-27-16)17(23)21-6-2-3-13(9-21)22-8-12(7-19-22)18(24)25/h4-5,7-8,10,13H,2-3,6,9H2,1H3,(H,24,25)/t13-/m0/s1. The van der Waals surface area contributed by atoms with Gasteiger partial charge in [0.25, 0.3) is 5.91 Å². The number of thiazole rings is 1. The van der Waals surface area contributed by atoms with Crippen LogP contribution in [0.3, 0.4) is 0 Å². The minimum absolute atomic E-state index is 0.0402. The van der Waals surface area contributed by atoms with Crippen LogP contribution in [0.1, 0.15) is 45.5 Å². The van der Waals surface area contributed by atoms with Crippen LogP contribution in [0.5, 0.6) is 0 Å². The first-order chi connectivity index (χ1) is 13.0. The third-order valence-corrected chi connectivity index (χ3v) is 5.44. The lowest BCUT2D eigenvalue weighted by Gasteiger charge is -2.32. The summed E-state index contributed by atoms with van der Waals surface area (Å²) in [4.78, 5) is 30.1. The number of likely N-dealkylation sites (tertiary alicyclic amines) is 1. The van der Waals surface area contributed by atoms with Crippen molar-refractivity contribution in [3.05, 3.63) is 46.9 Å². The molecule has 1 N–H and O–H groups in total. The van der Waals surface area contributed by atoms with Crippen molar-refractivity contribution in [3.63, 3.8) is 0 Å². The third kappa shape index (κ3) is 3.50. The first-order valence-corrected chi connectivity index (χ1v) is 9.48. The predicted octanol–water partition coefficient (Wildman–Crippen LogP) is 3.08. The van der Waals surface area contributed by atoms with Crippen molar-refractivity contribution >= 4 is 23.2 Å². The van der Waals surface area contributed by atoms with Crippen LogP contribution in [-0.2, 0) is 0 Å². The zero-order valence-electron chi connectivity index (χ0n) is 14.7. The number of carbonyl (C=O) groups is 2. The predicted molar refractivity (Wildman–Crippen MR) is 97.9 cm³/mol. The van der Waals surface area contributed by atoms with Crippen molar-refractivity contribution in [1.82, 2.24) is 19.7 Å². The second-order valence-electron chi connectivity index (χ2n) is 6.51. The summed E-state index contributed by atoms with van der Waals surface area (Å²) in [6.45, 7) is 2.99. The Labute approximate surface area is 159 Å². The number of carboxylic acids is 1. The lowest BCUT2D eigenvalue weighted by Crippen LogP contribution is -2.41. The Kier molecular flexibility index (Phi) is 4.53. The number of hydrogen-bond donors (Lipinski definition) is 1. The van der Waals surface area contributed by atoms with Gasteiger partial charge in [-0.2, -0.15) is 5.10 Å². The maximum absolute atomic E-state index is 12.9. The SMILES string of the molecule is Cc1ccc(-c2nc(C(=O)N3CCC[C@H](n4cc(C(=O)O)cn4)C3)cs2)o1. The molecule has 1 atom stereocenters. The van der Waals surface area contributed by atoms with E-state index >= 15 is 0 Å². The van der Waals surface area contributed by atoms with E-state index in [2.05, 4.69) is 10.1 Å². The molecule has 1 amide bonds. The maximum atomic E-state index is 12.9. The second-order valence-corrected chi connectivity index (χ2v) is 7.37. The Morgan fingerprint density at radius 2 is 2.22 bits per heavy atom. The zero-order valence-corrected chi connectivity index (χ0v) is 15.5. The van der Waals surface area contributed by atoms with Crippen LogP contribution in [0.2, 0.25) is 0 Å². The summed E-state index contributed by atoms with van der Waals surface area (Å²) < 4.78 is 7.21. The fraction of sp³-hybridized carbons (Fsp3) is 0.333. The number of carboxylic acid groups (broad SMARTS) is 1. The minimum Gasteiger partial charge on any atom is -0.478 e. The van der Waals surface area contributed by atoms with Gasteiger partial charge in [-0.1, -0.05) is 0 Å². The largest absolute Gasteiger partial charge is 0.478 e. The van der Waals surface area contributed by atoms with Crippen LogP contribution in [-0.4, -0.2) is 49.7 Å². The van der Waals surface area contributed by atoms with Crippen molar-refractivity contribution in [3.8, 4) is 10.8 Å². The molecule has 27 heavy (non-hydrogen) atoms. The monoisotopic (exact) mass is 386 g/mol. The van der Waals surface area contributed by atoms with E-state index in [1.165, 1.54) is 23.7 Å². The Bertz CT molecular complexity index is 989. The summed E-state index contributed by atoms with van der Waals surface area (Å²) in [6.07, 6.45) is 4.52. The number of nitrogens with zero attached hydrogens (tertiary/aromatic N) is 4. The molecule has 3 aromatic heterocycles. The van der Waals surface area contributed by atoms with Crippen molar-refractivity contribution in [2.75, 3.05) is 13.1 Å². The molecule has 140 valence electrons. The lowest BCUT2D eigenvalue weighted by molar-refractivity contribution is 0.0662. The summed E-state index contributed by atoms with van der Waals surface area (Å²) in [5, 5.41) is 15.6. The van der Waals surface area contributed by atoms with Crippen molar-refractivity contribution in [1.29, 1.82) is 0 Å². The Hall–Kier alpha value is -2.94. The molecule has 0 aromatic carbocycles. The van der Waals surface area contributed by atoms with E-state index in [1.807, 2.05) is 19.1 Å². The second kappa shape index (κ2) is 6.99. The summed E-state index contributed by atoms with van der Waals surface area (Å²) in [5.41, 5.74) is 0.549. The van der Waals surface area contributed by atoms with Crippen LogP contribution >= 0.6 is 11.3 Å². The molecule has 0 radical (unpaired) electrons. The Morgan fingerprint density at radius 3 is 2.93 bits per heavy atom. The summed E-state index contributed by atoms with van der Waals surface area (Å²) >= 11 is 1.38. The molecule has 0 saturated carbocycles. The molecule has 0 bridgehead atoms. The van der Waals surface area contributed by atoms with Gasteiger partial charge in [-0.25, -0.2) is 9.78 Å². The summed E-state index contributed by atoms with van der Waals surface area (Å²) in [5.74, 6) is 0.321. The molecule has 8 nitrogen and oxygen atoms in total. The number of furan rings is 1. The van der Waals surface area contributed by atoms with Crippen molar-refractivity contribution in [2.45, 2.75) is 25.8 Å². The van der Waals surface area contributed by atoms with Crippen LogP contribution in [0.4, 0.5) is 0 Å². The number of aryl methyl sites for hydroxylation is 1. The van der Waals surface area contributed by atoms with Gasteiger partial charge in [0, 0.05) is 24.7 Å². The fourth-order valence-electron chi connectivity index (χ4n) is 3.20. The molecule has 1 aliphatic heterocycles. The molecule has 0 spiro atoms. The van der Waals surface area contributed by atoms with E-state index in [1.54, 1.807) is 15.0 Å². The lowest BCUT2D eigenvalue weighted by atomic mass is 10.1. The van der Waals surface area contributed by atoms with E-state index in [0.29, 0.717) is 29.6 Å². The number of carbonyl (C=O) groups excluding carboxylic acids is 1. The highest BCUT2D eigenvalue weighted by Crippen LogP contribution is 2.27. The van der Waals surface area contributed by atoms with Gasteiger partial charge in [0.2, 0.25) is 0 Å². The van der Waals surface area contributed by atoms with E-state index in [4.69, 9.17) is 9.52 Å². The Morgan fingerprint density at radius 1 is 1.37 bits per heavy atom. The van der Waals surface area contributed by atoms with Crippen LogP contribution < -0.4 is 0 Å². The number of aromatic carboxylic acids is 1. The third-order valence-electron chi connectivity index (χ3n) is 4.58. The first-order valence-electron chi connectivity index (χ1n) is 8.60. The summed E-state index contributed by atoms with van der Waals surface area (Å²) in [7, 11) is 0. The quantitative estimate of drug-likeness (QED) is 0.739. The highest BCUT2D eigenvalue weighted by molar-refractivity contribution is 7.13. The van der Waals surface area contributed by atoms with Crippen molar-refractivity contribution < 1.29 is 19.1 Å². The molecule has 4 rings (SSSR count). The number of piperidine rings is 1. The number of rotatable bonds is 4. The van der Waals surface area contributed by atoms with Gasteiger partial charge >= 0.3 is 5.97 Å². The number of hydrogen-bond acceptors (Lipinski definition) is 6. The van der Waals surface area contributed by atoms with E-state index < -0.39 is 5.97 Å². The smallest absolute Gasteiger partial charge is 0.338 e. The van der Waals surface area contributed by atoms with Gasteiger partial charge < -0.3 is 14.4 Å². The molecular weight excluding hydrogens is 368 g/mol. The van der Waals surface area contributed by atoms with Gasteiger partial charge in [-0.15, -0.1) is 11.3 Å². The maximum Gasteiger partial charge on any atom is 0.338 e. The molecule has 0 unspecified atom stereocenters. The molecule has 4 heterocycles. The van der Waals surface area contributed by atoms with Crippen LogP contribution in [0, 0.1) is 6.92 Å². The first kappa shape index (κ1) is 17.5. The normalized spacial score (nSPS) is 17.2. The zero-order chi connectivity index (χ0) is 19.0. The van der Waals surface area contributed by atoms with Gasteiger partial charge in [0.15, 0.2) is 10.8 Å². The molecule has 3 aromatic rings. The number of amides is 1. The van der Waals surface area contributed by atoms with E-state index in [0.717, 1.165) is 18.6 Å². The highest BCUT2D eigenvalue weighted by atomic mass is 32.1. The number of aromatic nitrogens is 3. The van der Waals surface area contributed by atoms with E-state index in [-0.39, 0.29) is 17.5 Å². The molecule has 1 aliphatic rings. The van der Waals surface area contributed by atoms with Crippen molar-refractivity contribution in [2.24, 2.45) is 0 Å². The van der Waals surface area contributed by atoms with Crippen LogP contribution in [0.15, 0.2) is 34.3 Å². The minimum atomic E-state index is -1.01. The molecule has 0 aliphatic carbocycles. The van der Waals surface area contributed by atoms with E-state index in [9.17, 15) is 9.59 Å². The average molecular weight is 386 g/mol. The highest BCUT2D eigenvalue weighted by Gasteiger charge is 2.28. The molecule has 9 heteroatoms. The molecule has 1 fully saturated rings. The molecular formula is C18H18N4O4S. The topological polar surface area (TPSA) is 101 Å². The van der Waals surface area contributed by atoms with Gasteiger partial charge in [0.05, 0.1) is 17.8 Å². The van der Waals surface area contributed by atoms with Gasteiger partial charge in [-0.05, 0) is 31.9 Å².